The van der Waals surface area contributed by atoms with Gasteiger partial charge in [-0.05, 0) is 24.5 Å². The molecule has 1 aromatic carbocycles. The second kappa shape index (κ2) is 7.18. The molecule has 0 saturated heterocycles. The molecule has 1 rings (SSSR count). The normalized spacial score (nSPS) is 9.70. The lowest BCUT2D eigenvalue weighted by molar-refractivity contribution is -0.141. The Morgan fingerprint density at radius 2 is 1.60 bits per heavy atom. The first-order valence-corrected chi connectivity index (χ1v) is 6.06. The minimum absolute atomic E-state index is 0.0459. The predicted octanol–water partition coefficient (Wildman–Crippen LogP) is 1.02. The van der Waals surface area contributed by atoms with Crippen LogP contribution in [0.4, 0.5) is 0 Å². The van der Waals surface area contributed by atoms with Gasteiger partial charge in [0.05, 0.1) is 0 Å². The van der Waals surface area contributed by atoms with Crippen molar-refractivity contribution in [2.24, 2.45) is 0 Å². The Balaban J connectivity index is 3.31. The van der Waals surface area contributed by atoms with Crippen molar-refractivity contribution in [2.75, 3.05) is 0 Å². The van der Waals surface area contributed by atoms with Crippen LogP contribution in [0.5, 0.6) is 11.5 Å². The number of hydrogen-bond donors (Lipinski definition) is 0. The number of carbonyl (C=O) groups excluding carboxylic acids is 4. The van der Waals surface area contributed by atoms with Crippen LogP contribution >= 0.6 is 0 Å². The van der Waals surface area contributed by atoms with E-state index in [0.29, 0.717) is 24.0 Å². The van der Waals surface area contributed by atoms with Crippen molar-refractivity contribution < 1.29 is 28.7 Å². The molecule has 0 heterocycles. The van der Waals surface area contributed by atoms with Gasteiger partial charge in [-0.3, -0.25) is 9.59 Å². The van der Waals surface area contributed by atoms with E-state index in [1.165, 1.54) is 6.07 Å². The van der Waals surface area contributed by atoms with Gasteiger partial charge in [-0.1, -0.05) is 19.9 Å². The summed E-state index contributed by atoms with van der Waals surface area (Å²) in [6.45, 7) is 3.62. The average Bonchev–Trinajstić information content (AvgIpc) is 2.47. The van der Waals surface area contributed by atoms with Crippen LogP contribution in [0.2, 0.25) is 0 Å². The summed E-state index contributed by atoms with van der Waals surface area (Å²) in [6.07, 6.45) is 1.07. The number of ether oxygens (including phenoxy) is 2. The fraction of sp³-hybridized carbons (Fsp3) is 0.286. The van der Waals surface area contributed by atoms with Crippen molar-refractivity contribution in [3.63, 3.8) is 0 Å². The van der Waals surface area contributed by atoms with E-state index in [4.69, 9.17) is 9.47 Å². The summed E-state index contributed by atoms with van der Waals surface area (Å²) in [5.74, 6) is -1.75. The molecule has 0 aliphatic heterocycles. The highest BCUT2D eigenvalue weighted by Crippen LogP contribution is 2.33. The molecule has 0 fully saturated rings. The van der Waals surface area contributed by atoms with Crippen LogP contribution in [0.1, 0.15) is 25.0 Å². The fourth-order valence-electron chi connectivity index (χ4n) is 1.75. The van der Waals surface area contributed by atoms with Gasteiger partial charge >= 0.3 is 11.9 Å². The standard InChI is InChI=1S/C14H14O6/c1-3-9-5-6-11(19-12(17)7-15)10(4-2)14(9)20-13(18)8-16/h5-8H,3-4H2,1-2H3. The van der Waals surface area contributed by atoms with E-state index in [2.05, 4.69) is 0 Å². The van der Waals surface area contributed by atoms with Gasteiger partial charge in [-0.25, -0.2) is 9.59 Å². The van der Waals surface area contributed by atoms with E-state index in [1.807, 2.05) is 6.92 Å². The Labute approximate surface area is 115 Å². The molecule has 20 heavy (non-hydrogen) atoms. The molecule has 0 aromatic heterocycles. The summed E-state index contributed by atoms with van der Waals surface area (Å²) in [6, 6.07) is 3.14. The van der Waals surface area contributed by atoms with E-state index < -0.39 is 11.9 Å². The predicted molar refractivity (Wildman–Crippen MR) is 68.6 cm³/mol. The maximum Gasteiger partial charge on any atom is 0.376 e. The summed E-state index contributed by atoms with van der Waals surface area (Å²) in [7, 11) is 0. The number of benzene rings is 1. The van der Waals surface area contributed by atoms with Crippen LogP contribution in [0.3, 0.4) is 0 Å². The number of esters is 2. The molecule has 1 aromatic rings. The van der Waals surface area contributed by atoms with Crippen LogP contribution in [-0.2, 0) is 32.0 Å². The molecule has 106 valence electrons. The summed E-state index contributed by atoms with van der Waals surface area (Å²) in [4.78, 5) is 42.9. The average molecular weight is 278 g/mol. The van der Waals surface area contributed by atoms with Gasteiger partial charge < -0.3 is 9.47 Å². The zero-order valence-corrected chi connectivity index (χ0v) is 11.2. The minimum atomic E-state index is -1.04. The quantitative estimate of drug-likeness (QED) is 0.334. The van der Waals surface area contributed by atoms with Crippen molar-refractivity contribution in [1.29, 1.82) is 0 Å². The lowest BCUT2D eigenvalue weighted by Crippen LogP contribution is -2.14. The number of aryl methyl sites for hydroxylation is 1. The first-order valence-electron chi connectivity index (χ1n) is 6.06. The number of hydrogen-bond acceptors (Lipinski definition) is 6. The van der Waals surface area contributed by atoms with Gasteiger partial charge in [0.25, 0.3) is 0 Å². The molecule has 0 aliphatic rings. The first-order chi connectivity index (χ1) is 9.57. The third-order valence-corrected chi connectivity index (χ3v) is 2.64. The van der Waals surface area contributed by atoms with Crippen molar-refractivity contribution >= 4 is 24.5 Å². The maximum atomic E-state index is 11.2. The van der Waals surface area contributed by atoms with Crippen LogP contribution < -0.4 is 9.47 Å². The molecule has 0 amide bonds. The van der Waals surface area contributed by atoms with Crippen molar-refractivity contribution in [3.8, 4) is 11.5 Å². The van der Waals surface area contributed by atoms with Gasteiger partial charge in [0.1, 0.15) is 11.5 Å². The number of carbonyl (C=O) groups is 4. The molecule has 0 N–H and O–H groups in total. The second-order valence-corrected chi connectivity index (χ2v) is 3.82. The molecular formula is C14H14O6. The topological polar surface area (TPSA) is 86.7 Å². The lowest BCUT2D eigenvalue weighted by Gasteiger charge is -2.15. The fourth-order valence-corrected chi connectivity index (χ4v) is 1.75. The van der Waals surface area contributed by atoms with E-state index >= 15 is 0 Å². The Morgan fingerprint density at radius 3 is 2.10 bits per heavy atom. The van der Waals surface area contributed by atoms with Crippen molar-refractivity contribution in [3.05, 3.63) is 23.3 Å². The molecule has 0 saturated carbocycles. The van der Waals surface area contributed by atoms with E-state index in [9.17, 15) is 19.2 Å². The maximum absolute atomic E-state index is 11.2. The summed E-state index contributed by atoms with van der Waals surface area (Å²) < 4.78 is 9.83. The summed E-state index contributed by atoms with van der Waals surface area (Å²) >= 11 is 0. The minimum Gasteiger partial charge on any atom is -0.421 e. The highest BCUT2D eigenvalue weighted by molar-refractivity contribution is 6.21. The smallest absolute Gasteiger partial charge is 0.376 e. The molecule has 6 heteroatoms. The third-order valence-electron chi connectivity index (χ3n) is 2.64. The molecule has 0 spiro atoms. The van der Waals surface area contributed by atoms with Crippen LogP contribution in [0.15, 0.2) is 12.1 Å². The molecule has 0 radical (unpaired) electrons. The Morgan fingerprint density at radius 1 is 1.00 bits per heavy atom. The van der Waals surface area contributed by atoms with Crippen molar-refractivity contribution in [1.82, 2.24) is 0 Å². The zero-order valence-electron chi connectivity index (χ0n) is 11.2. The summed E-state index contributed by atoms with van der Waals surface area (Å²) in [5, 5.41) is 0. The lowest BCUT2D eigenvalue weighted by atomic mass is 10.0. The van der Waals surface area contributed by atoms with E-state index in [0.717, 1.165) is 0 Å². The van der Waals surface area contributed by atoms with E-state index in [1.54, 1.807) is 13.0 Å². The Kier molecular flexibility index (Phi) is 5.58. The highest BCUT2D eigenvalue weighted by Gasteiger charge is 2.18. The first kappa shape index (κ1) is 15.6. The molecular weight excluding hydrogens is 264 g/mol. The molecule has 0 atom stereocenters. The van der Waals surface area contributed by atoms with Crippen molar-refractivity contribution in [2.45, 2.75) is 26.7 Å². The van der Waals surface area contributed by atoms with Gasteiger partial charge in [0.15, 0.2) is 0 Å². The zero-order chi connectivity index (χ0) is 15.1. The second-order valence-electron chi connectivity index (χ2n) is 3.82. The van der Waals surface area contributed by atoms with Gasteiger partial charge in [-0.2, -0.15) is 0 Å². The largest absolute Gasteiger partial charge is 0.421 e. The number of aldehydes is 2. The summed E-state index contributed by atoms with van der Waals surface area (Å²) in [5.41, 5.74) is 1.15. The number of rotatable bonds is 6. The van der Waals surface area contributed by atoms with Gasteiger partial charge in [0.2, 0.25) is 12.6 Å². The third kappa shape index (κ3) is 3.50. The van der Waals surface area contributed by atoms with Gasteiger partial charge in [-0.15, -0.1) is 0 Å². The highest BCUT2D eigenvalue weighted by atomic mass is 16.6. The SMILES string of the molecule is CCc1ccc(OC(=O)C=O)c(CC)c1OC(=O)C=O. The Hall–Kier alpha value is -2.50. The van der Waals surface area contributed by atoms with Crippen LogP contribution in [0.25, 0.3) is 0 Å². The molecule has 0 bridgehead atoms. The molecule has 0 aliphatic carbocycles. The molecule has 0 unspecified atom stereocenters. The monoisotopic (exact) mass is 278 g/mol. The Bertz CT molecular complexity index is 547. The van der Waals surface area contributed by atoms with Crippen LogP contribution in [-0.4, -0.2) is 24.5 Å². The molecule has 6 nitrogen and oxygen atoms in total. The van der Waals surface area contributed by atoms with E-state index in [-0.39, 0.29) is 24.1 Å². The van der Waals surface area contributed by atoms with Crippen LogP contribution in [0, 0.1) is 0 Å². The van der Waals surface area contributed by atoms with Gasteiger partial charge in [0, 0.05) is 5.56 Å².